The van der Waals surface area contributed by atoms with E-state index in [1.54, 1.807) is 18.4 Å². The smallest absolute Gasteiger partial charge is 0.382 e. The number of anilines is 1. The van der Waals surface area contributed by atoms with E-state index in [-0.39, 0.29) is 35.8 Å². The maximum Gasteiger partial charge on any atom is 0.471 e. The molecule has 15 heteroatoms. The van der Waals surface area contributed by atoms with Gasteiger partial charge in [0.2, 0.25) is 5.91 Å². The van der Waals surface area contributed by atoms with Gasteiger partial charge >= 0.3 is 12.1 Å². The summed E-state index contributed by atoms with van der Waals surface area (Å²) in [6.07, 6.45) is 0.343. The van der Waals surface area contributed by atoms with Gasteiger partial charge in [-0.15, -0.1) is 0 Å². The number of alkyl halides is 3. The fourth-order valence-corrected chi connectivity index (χ4v) is 6.19. The second kappa shape index (κ2) is 13.6. The summed E-state index contributed by atoms with van der Waals surface area (Å²) in [7, 11) is -3.88. The molecule has 11 nitrogen and oxygen atoms in total. The molecule has 3 N–H and O–H groups in total. The monoisotopic (exact) mass is 645 g/mol. The van der Waals surface area contributed by atoms with Crippen molar-refractivity contribution >= 4 is 33.1 Å². The van der Waals surface area contributed by atoms with Gasteiger partial charge in [0.25, 0.3) is 0 Å². The van der Waals surface area contributed by atoms with Gasteiger partial charge in [-0.3, -0.25) is 14.6 Å². The molecule has 0 spiro atoms. The van der Waals surface area contributed by atoms with E-state index in [1.165, 1.54) is 15.6 Å². The zero-order valence-electron chi connectivity index (χ0n) is 25.0. The van der Waals surface area contributed by atoms with Gasteiger partial charge in [-0.2, -0.15) is 22.8 Å². The van der Waals surface area contributed by atoms with E-state index in [0.29, 0.717) is 29.6 Å². The van der Waals surface area contributed by atoms with Crippen molar-refractivity contribution in [3.63, 3.8) is 0 Å². The molecule has 2 amide bonds. The molecule has 3 aromatic heterocycles. The summed E-state index contributed by atoms with van der Waals surface area (Å²) in [5.41, 5.74) is 9.81. The third-order valence-corrected chi connectivity index (χ3v) is 8.48. The van der Waals surface area contributed by atoms with Crippen LogP contribution in [0.5, 0.6) is 0 Å². The normalized spacial score (nSPS) is 12.7. The second-order valence-corrected chi connectivity index (χ2v) is 12.5. The van der Waals surface area contributed by atoms with Gasteiger partial charge < -0.3 is 16.0 Å². The molecule has 0 saturated heterocycles. The number of pyridine rings is 1. The molecule has 0 aliphatic heterocycles. The molecule has 3 heterocycles. The number of aromatic nitrogens is 4. The molecule has 45 heavy (non-hydrogen) atoms. The fourth-order valence-electron chi connectivity index (χ4n) is 5.15. The number of carbonyl (C=O) groups is 2. The molecular formula is C30H34F3N7O4S. The van der Waals surface area contributed by atoms with Crippen molar-refractivity contribution in [2.24, 2.45) is 0 Å². The Morgan fingerprint density at radius 3 is 2.36 bits per heavy atom. The number of nitrogens with one attached hydrogen (secondary N) is 1. The Bertz CT molecular complexity index is 1780. The summed E-state index contributed by atoms with van der Waals surface area (Å²) in [6.45, 7) is 3.02. The molecule has 0 radical (unpaired) electrons. The summed E-state index contributed by atoms with van der Waals surface area (Å²) >= 11 is 0. The maximum absolute atomic E-state index is 12.9. The summed E-state index contributed by atoms with van der Waals surface area (Å²) in [5.74, 6) is -3.01. The van der Waals surface area contributed by atoms with Crippen molar-refractivity contribution in [2.75, 3.05) is 25.1 Å². The van der Waals surface area contributed by atoms with Crippen LogP contribution in [0.15, 0.2) is 59.8 Å². The van der Waals surface area contributed by atoms with Crippen LogP contribution in [0.1, 0.15) is 38.8 Å². The number of nitrogens with two attached hydrogens (primary N) is 1. The van der Waals surface area contributed by atoms with Crippen LogP contribution in [-0.2, 0) is 25.8 Å². The zero-order chi connectivity index (χ0) is 32.9. The van der Waals surface area contributed by atoms with Gasteiger partial charge in [0.1, 0.15) is 10.7 Å². The highest BCUT2D eigenvalue weighted by molar-refractivity contribution is 7.91. The number of carbonyl (C=O) groups excluding carboxylic acids is 2. The van der Waals surface area contributed by atoms with E-state index in [2.05, 4.69) is 10.1 Å². The molecule has 0 bridgehead atoms. The molecular weight excluding hydrogens is 611 g/mol. The van der Waals surface area contributed by atoms with Gasteiger partial charge in [0.15, 0.2) is 15.5 Å². The van der Waals surface area contributed by atoms with Crippen molar-refractivity contribution in [1.82, 2.24) is 29.8 Å². The Morgan fingerprint density at radius 2 is 1.78 bits per heavy atom. The average Bonchev–Trinajstić information content (AvgIpc) is 3.43. The number of nitrogen functional groups attached to an aromatic ring is 1. The predicted octanol–water partition coefficient (Wildman–Crippen LogP) is 4.07. The van der Waals surface area contributed by atoms with Crippen molar-refractivity contribution in [3.8, 4) is 22.4 Å². The first-order valence-corrected chi connectivity index (χ1v) is 16.2. The summed E-state index contributed by atoms with van der Waals surface area (Å²) < 4.78 is 65.0. The molecule has 4 aromatic rings. The lowest BCUT2D eigenvalue weighted by Gasteiger charge is -2.31. The number of halogens is 3. The van der Waals surface area contributed by atoms with Crippen LogP contribution < -0.4 is 11.1 Å². The minimum Gasteiger partial charge on any atom is -0.382 e. The molecule has 240 valence electrons. The van der Waals surface area contributed by atoms with Crippen molar-refractivity contribution < 1.29 is 31.2 Å². The predicted molar refractivity (Wildman–Crippen MR) is 163 cm³/mol. The van der Waals surface area contributed by atoms with E-state index >= 15 is 0 Å². The summed E-state index contributed by atoms with van der Waals surface area (Å²) in [4.78, 5) is 34.6. The van der Waals surface area contributed by atoms with Crippen LogP contribution in [0.25, 0.3) is 28.0 Å². The van der Waals surface area contributed by atoms with Crippen LogP contribution in [-0.4, -0.2) is 76.3 Å². The van der Waals surface area contributed by atoms with Crippen LogP contribution in [0.4, 0.5) is 19.0 Å². The Labute approximate surface area is 258 Å². The molecule has 1 aromatic carbocycles. The van der Waals surface area contributed by atoms with Crippen molar-refractivity contribution in [1.29, 1.82) is 0 Å². The van der Waals surface area contributed by atoms with Gasteiger partial charge in [0, 0.05) is 41.7 Å². The zero-order valence-corrected chi connectivity index (χ0v) is 25.8. The number of nitrogens with zero attached hydrogens (tertiary/aromatic N) is 5. The second-order valence-electron chi connectivity index (χ2n) is 10.5. The third kappa shape index (κ3) is 7.59. The Kier molecular flexibility index (Phi) is 10.1. The van der Waals surface area contributed by atoms with Gasteiger partial charge in [-0.05, 0) is 31.7 Å². The van der Waals surface area contributed by atoms with Crippen LogP contribution in [0, 0.1) is 0 Å². The highest BCUT2D eigenvalue weighted by atomic mass is 32.2. The third-order valence-electron chi connectivity index (χ3n) is 7.29. The van der Waals surface area contributed by atoms with E-state index in [9.17, 15) is 31.2 Å². The largest absolute Gasteiger partial charge is 0.471 e. The number of hydrogen-bond donors (Lipinski definition) is 2. The highest BCUT2D eigenvalue weighted by Gasteiger charge is 2.39. The average molecular weight is 646 g/mol. The fraction of sp³-hybridized carbons (Fsp3) is 0.367. The number of amides is 2. The molecule has 0 fully saturated rings. The Balaban J connectivity index is 1.66. The molecule has 1 atom stereocenters. The number of aryl methyl sites for hydroxylation is 1. The summed E-state index contributed by atoms with van der Waals surface area (Å²) in [6, 6.07) is 12.8. The molecule has 0 aliphatic carbocycles. The first-order valence-electron chi connectivity index (χ1n) is 14.3. The number of benzene rings is 1. The highest BCUT2D eigenvalue weighted by Crippen LogP contribution is 2.31. The van der Waals surface area contributed by atoms with Crippen LogP contribution in [0.3, 0.4) is 0 Å². The van der Waals surface area contributed by atoms with E-state index in [0.717, 1.165) is 17.5 Å². The van der Waals surface area contributed by atoms with Gasteiger partial charge in [-0.1, -0.05) is 50.2 Å². The van der Waals surface area contributed by atoms with Crippen molar-refractivity contribution in [2.45, 2.75) is 56.6 Å². The number of rotatable bonds is 12. The number of hydrogen-bond acceptors (Lipinski definition) is 8. The molecule has 0 unspecified atom stereocenters. The lowest BCUT2D eigenvalue weighted by molar-refractivity contribution is -0.174. The Morgan fingerprint density at radius 1 is 1.07 bits per heavy atom. The van der Waals surface area contributed by atoms with E-state index in [4.69, 9.17) is 10.7 Å². The van der Waals surface area contributed by atoms with Crippen molar-refractivity contribution in [3.05, 3.63) is 60.6 Å². The van der Waals surface area contributed by atoms with Crippen LogP contribution in [0.2, 0.25) is 0 Å². The summed E-state index contributed by atoms with van der Waals surface area (Å²) in [5, 5.41) is 5.92. The SMILES string of the molecule is CCCN(C(=O)CNC(=O)C(F)(F)F)[C@H](CC)CCc1nc2c(-c3ccc(-c4ccccc4)nc3)cnn2c(N)c1S(C)(=O)=O. The van der Waals surface area contributed by atoms with Crippen LogP contribution >= 0.6 is 0 Å². The first kappa shape index (κ1) is 33.4. The minimum atomic E-state index is -5.11. The molecule has 0 saturated carbocycles. The van der Waals surface area contributed by atoms with E-state index in [1.807, 2.05) is 49.4 Å². The first-order chi connectivity index (χ1) is 21.3. The topological polar surface area (TPSA) is 153 Å². The van der Waals surface area contributed by atoms with Gasteiger partial charge in [0.05, 0.1) is 24.1 Å². The van der Waals surface area contributed by atoms with E-state index < -0.39 is 40.4 Å². The lowest BCUT2D eigenvalue weighted by atomic mass is 10.0. The minimum absolute atomic E-state index is 0.0832. The lowest BCUT2D eigenvalue weighted by Crippen LogP contribution is -2.48. The van der Waals surface area contributed by atoms with Gasteiger partial charge in [-0.25, -0.2) is 13.4 Å². The quantitative estimate of drug-likeness (QED) is 0.234. The number of sulfone groups is 1. The molecule has 0 aliphatic rings. The molecule has 4 rings (SSSR count). The standard InChI is InChI=1S/C30H34F3N7O4S/c1-4-15-39(25(41)18-36-29(42)30(31,32)33)21(5-2)12-14-24-26(45(3,43)44)27(34)40-28(38-24)22(17-37-40)20-11-13-23(35-16-20)19-9-7-6-8-10-19/h6-11,13,16-17,21H,4-5,12,14-15,18,34H2,1-3H3,(H,36,42)/t21-/m1/s1. The Hall–Kier alpha value is -4.53. The number of fused-ring (bicyclic) bond motifs is 1. The maximum atomic E-state index is 12.9.